The lowest BCUT2D eigenvalue weighted by Crippen LogP contribution is -2.18. The van der Waals surface area contributed by atoms with E-state index in [2.05, 4.69) is 12.6 Å². The van der Waals surface area contributed by atoms with Crippen molar-refractivity contribution in [3.8, 4) is 6.07 Å². The predicted molar refractivity (Wildman–Crippen MR) is 65.6 cm³/mol. The topological polar surface area (TPSA) is 64.2 Å². The summed E-state index contributed by atoms with van der Waals surface area (Å²) in [6.07, 6.45) is -1.52. The van der Waals surface area contributed by atoms with Crippen LogP contribution in [0.5, 0.6) is 0 Å². The summed E-state index contributed by atoms with van der Waals surface area (Å²) >= 11 is 9.74. The first-order valence-electron chi connectivity index (χ1n) is 4.76. The first-order chi connectivity index (χ1) is 7.60. The third-order valence-electron chi connectivity index (χ3n) is 2.24. The molecule has 1 aromatic carbocycles. The van der Waals surface area contributed by atoms with E-state index in [9.17, 15) is 10.2 Å². The molecular formula is C11H12ClNO2S. The largest absolute Gasteiger partial charge is 0.390 e. The maximum absolute atomic E-state index is 9.79. The van der Waals surface area contributed by atoms with Crippen LogP contribution in [0, 0.1) is 11.3 Å². The number of nitrogens with zero attached hydrogens (tertiary/aromatic N) is 1. The molecule has 0 aliphatic carbocycles. The lowest BCUT2D eigenvalue weighted by Gasteiger charge is -2.17. The van der Waals surface area contributed by atoms with Crippen molar-refractivity contribution >= 4 is 24.2 Å². The fourth-order valence-corrected chi connectivity index (χ4v) is 1.75. The van der Waals surface area contributed by atoms with E-state index >= 15 is 0 Å². The van der Waals surface area contributed by atoms with Crippen molar-refractivity contribution in [1.82, 2.24) is 0 Å². The fourth-order valence-electron chi connectivity index (χ4n) is 1.32. The molecule has 0 aromatic heterocycles. The van der Waals surface area contributed by atoms with Crippen LogP contribution in [-0.4, -0.2) is 22.1 Å². The number of rotatable bonds is 4. The van der Waals surface area contributed by atoms with Gasteiger partial charge in [-0.1, -0.05) is 17.7 Å². The monoisotopic (exact) mass is 257 g/mol. The lowest BCUT2D eigenvalue weighted by molar-refractivity contribution is 0.0172. The smallest absolute Gasteiger partial charge is 0.105 e. The Labute approximate surface area is 105 Å². The van der Waals surface area contributed by atoms with Crippen LogP contribution in [0.15, 0.2) is 18.2 Å². The SMILES string of the molecule is N#Cc1cc(C(O)C(O)CCS)ccc1Cl. The highest BCUT2D eigenvalue weighted by molar-refractivity contribution is 7.80. The third kappa shape index (κ3) is 3.13. The highest BCUT2D eigenvalue weighted by Crippen LogP contribution is 2.24. The lowest BCUT2D eigenvalue weighted by atomic mass is 10.0. The molecule has 0 aliphatic rings. The molecular weight excluding hydrogens is 246 g/mol. The molecule has 0 bridgehead atoms. The van der Waals surface area contributed by atoms with E-state index < -0.39 is 12.2 Å². The van der Waals surface area contributed by atoms with Gasteiger partial charge in [-0.25, -0.2) is 0 Å². The Morgan fingerprint density at radius 3 is 2.69 bits per heavy atom. The zero-order chi connectivity index (χ0) is 12.1. The molecule has 86 valence electrons. The van der Waals surface area contributed by atoms with Crippen molar-refractivity contribution in [2.75, 3.05) is 5.75 Å². The van der Waals surface area contributed by atoms with Gasteiger partial charge in [0.2, 0.25) is 0 Å². The van der Waals surface area contributed by atoms with Gasteiger partial charge >= 0.3 is 0 Å². The molecule has 1 aromatic rings. The van der Waals surface area contributed by atoms with Crippen molar-refractivity contribution in [1.29, 1.82) is 5.26 Å². The van der Waals surface area contributed by atoms with E-state index in [0.29, 0.717) is 22.8 Å². The summed E-state index contributed by atoms with van der Waals surface area (Å²) in [5.41, 5.74) is 0.770. The van der Waals surface area contributed by atoms with Gasteiger partial charge in [-0.15, -0.1) is 0 Å². The first kappa shape index (κ1) is 13.3. The van der Waals surface area contributed by atoms with Crippen LogP contribution in [0.3, 0.4) is 0 Å². The zero-order valence-corrected chi connectivity index (χ0v) is 10.1. The zero-order valence-electron chi connectivity index (χ0n) is 8.47. The van der Waals surface area contributed by atoms with Crippen molar-refractivity contribution in [2.45, 2.75) is 18.6 Å². The highest BCUT2D eigenvalue weighted by atomic mass is 35.5. The van der Waals surface area contributed by atoms with Crippen LogP contribution in [0.2, 0.25) is 5.02 Å². The van der Waals surface area contributed by atoms with Gasteiger partial charge in [0.05, 0.1) is 16.7 Å². The van der Waals surface area contributed by atoms with Gasteiger partial charge in [-0.2, -0.15) is 17.9 Å². The molecule has 0 heterocycles. The average Bonchev–Trinajstić information content (AvgIpc) is 2.29. The minimum Gasteiger partial charge on any atom is -0.390 e. The summed E-state index contributed by atoms with van der Waals surface area (Å²) in [7, 11) is 0. The molecule has 1 rings (SSSR count). The first-order valence-corrected chi connectivity index (χ1v) is 5.77. The normalized spacial score (nSPS) is 14.2. The van der Waals surface area contributed by atoms with Gasteiger partial charge in [0.25, 0.3) is 0 Å². The van der Waals surface area contributed by atoms with Crippen LogP contribution in [-0.2, 0) is 0 Å². The van der Waals surface area contributed by atoms with Gasteiger partial charge < -0.3 is 10.2 Å². The van der Waals surface area contributed by atoms with Gasteiger partial charge in [0.15, 0.2) is 0 Å². The van der Waals surface area contributed by atoms with Crippen LogP contribution in [0.4, 0.5) is 0 Å². The van der Waals surface area contributed by atoms with E-state index in [-0.39, 0.29) is 5.56 Å². The second-order valence-corrected chi connectivity index (χ2v) is 4.23. The molecule has 0 saturated heterocycles. The summed E-state index contributed by atoms with van der Waals surface area (Å²) in [4.78, 5) is 0. The maximum atomic E-state index is 9.79. The van der Waals surface area contributed by atoms with Crippen LogP contribution < -0.4 is 0 Å². The summed E-state index contributed by atoms with van der Waals surface area (Å²) in [5.74, 6) is 0.483. The number of aliphatic hydroxyl groups excluding tert-OH is 2. The van der Waals surface area contributed by atoms with Crippen molar-refractivity contribution in [3.63, 3.8) is 0 Å². The molecule has 2 unspecified atom stereocenters. The van der Waals surface area contributed by atoms with Crippen molar-refractivity contribution in [2.24, 2.45) is 0 Å². The standard InChI is InChI=1S/C11H12ClNO2S/c12-9-2-1-7(5-8(9)6-13)11(15)10(14)3-4-16/h1-2,5,10-11,14-16H,3-4H2. The number of halogens is 1. The molecule has 0 saturated carbocycles. The number of benzene rings is 1. The molecule has 16 heavy (non-hydrogen) atoms. The maximum Gasteiger partial charge on any atom is 0.105 e. The van der Waals surface area contributed by atoms with Gasteiger partial charge in [0.1, 0.15) is 12.2 Å². The Morgan fingerprint density at radius 1 is 1.44 bits per heavy atom. The molecule has 5 heteroatoms. The van der Waals surface area contributed by atoms with E-state index in [1.165, 1.54) is 12.1 Å². The molecule has 0 amide bonds. The van der Waals surface area contributed by atoms with Crippen LogP contribution in [0.25, 0.3) is 0 Å². The molecule has 2 atom stereocenters. The Bertz CT molecular complexity index is 405. The minimum atomic E-state index is -1.02. The molecule has 0 fully saturated rings. The van der Waals surface area contributed by atoms with Crippen molar-refractivity contribution < 1.29 is 10.2 Å². The third-order valence-corrected chi connectivity index (χ3v) is 2.83. The van der Waals surface area contributed by atoms with E-state index in [0.717, 1.165) is 0 Å². The van der Waals surface area contributed by atoms with Gasteiger partial charge in [0, 0.05) is 0 Å². The average molecular weight is 258 g/mol. The Kier molecular flexibility index (Phi) is 5.10. The predicted octanol–water partition coefficient (Wildman–Crippen LogP) is 1.93. The fraction of sp³-hybridized carbons (Fsp3) is 0.364. The second kappa shape index (κ2) is 6.12. The Balaban J connectivity index is 2.92. The summed E-state index contributed by atoms with van der Waals surface area (Å²) in [6.45, 7) is 0. The molecule has 0 aliphatic heterocycles. The van der Waals surface area contributed by atoms with Crippen LogP contribution >= 0.6 is 24.2 Å². The quantitative estimate of drug-likeness (QED) is 0.722. The number of aliphatic hydroxyl groups is 2. The minimum absolute atomic E-state index is 0.288. The number of hydrogen-bond acceptors (Lipinski definition) is 4. The number of hydrogen-bond donors (Lipinski definition) is 3. The molecule has 3 nitrogen and oxygen atoms in total. The van der Waals surface area contributed by atoms with E-state index in [4.69, 9.17) is 16.9 Å². The summed E-state index contributed by atoms with van der Waals surface area (Å²) < 4.78 is 0. The molecule has 2 N–H and O–H groups in total. The highest BCUT2D eigenvalue weighted by Gasteiger charge is 2.18. The molecule has 0 radical (unpaired) electrons. The second-order valence-electron chi connectivity index (χ2n) is 3.38. The van der Waals surface area contributed by atoms with Gasteiger partial charge in [-0.3, -0.25) is 0 Å². The summed E-state index contributed by atoms with van der Waals surface area (Å²) in [6, 6.07) is 6.53. The molecule has 0 spiro atoms. The Hall–Kier alpha value is -0.730. The van der Waals surface area contributed by atoms with Crippen LogP contribution in [0.1, 0.15) is 23.7 Å². The van der Waals surface area contributed by atoms with E-state index in [1.54, 1.807) is 6.07 Å². The summed E-state index contributed by atoms with van der Waals surface area (Å²) in [5, 5.41) is 28.5. The van der Waals surface area contributed by atoms with Gasteiger partial charge in [-0.05, 0) is 29.9 Å². The number of thiol groups is 1. The number of nitriles is 1. The Morgan fingerprint density at radius 2 is 2.12 bits per heavy atom. The van der Waals surface area contributed by atoms with E-state index in [1.807, 2.05) is 6.07 Å². The van der Waals surface area contributed by atoms with Crippen molar-refractivity contribution in [3.05, 3.63) is 34.3 Å².